The minimum Gasteiger partial charge on any atom is -0.310 e. The van der Waals surface area contributed by atoms with E-state index in [0.717, 1.165) is 11.8 Å². The Morgan fingerprint density at radius 2 is 1.14 bits per heavy atom. The largest absolute Gasteiger partial charge is 0.310 e. The summed E-state index contributed by atoms with van der Waals surface area (Å²) in [4.78, 5) is 5.58. The van der Waals surface area contributed by atoms with Gasteiger partial charge in [0.05, 0.1) is 5.69 Å². The normalized spacial score (nSPS) is 27.8. The number of anilines is 3. The van der Waals surface area contributed by atoms with Crippen LogP contribution in [0.2, 0.25) is 0 Å². The summed E-state index contributed by atoms with van der Waals surface area (Å²) in [6.45, 7) is 9.85. The van der Waals surface area contributed by atoms with Gasteiger partial charge in [0.15, 0.2) is 0 Å². The van der Waals surface area contributed by atoms with Crippen LogP contribution in [-0.4, -0.2) is 0 Å². The van der Waals surface area contributed by atoms with Gasteiger partial charge in [-0.2, -0.15) is 0 Å². The lowest BCUT2D eigenvalue weighted by molar-refractivity contribution is -0.0443. The van der Waals surface area contributed by atoms with Gasteiger partial charge in [0.25, 0.3) is 0 Å². The molecule has 4 bridgehead atoms. The number of hydrogen-bond donors (Lipinski definition) is 0. The number of nitrogens with zero attached hydrogens (tertiary/aromatic N) is 1. The Balaban J connectivity index is 1.21. The molecule has 50 heavy (non-hydrogen) atoms. The molecule has 5 aliphatic carbocycles. The van der Waals surface area contributed by atoms with Crippen LogP contribution in [0.5, 0.6) is 0 Å². The second-order valence-electron chi connectivity index (χ2n) is 17.7. The molecule has 0 aromatic heterocycles. The zero-order valence-electron chi connectivity index (χ0n) is 30.1. The Hall–Kier alpha value is -3.75. The van der Waals surface area contributed by atoms with E-state index >= 15 is 0 Å². The van der Waals surface area contributed by atoms with E-state index in [1.807, 2.05) is 11.8 Å². The predicted octanol–water partition coefficient (Wildman–Crippen LogP) is 13.4. The van der Waals surface area contributed by atoms with Crippen LogP contribution < -0.4 is 4.90 Å². The number of fused-ring (bicyclic) bond motifs is 3. The van der Waals surface area contributed by atoms with Crippen LogP contribution in [-0.2, 0) is 16.2 Å². The zero-order chi connectivity index (χ0) is 33.8. The lowest BCUT2D eigenvalue weighted by Gasteiger charge is -2.63. The molecule has 2 heteroatoms. The van der Waals surface area contributed by atoms with Crippen molar-refractivity contribution in [2.75, 3.05) is 4.90 Å². The first-order chi connectivity index (χ1) is 24.2. The van der Waals surface area contributed by atoms with Gasteiger partial charge in [-0.25, -0.2) is 0 Å². The Bertz CT molecular complexity index is 2080. The topological polar surface area (TPSA) is 3.24 Å². The summed E-state index contributed by atoms with van der Waals surface area (Å²) in [5.41, 5.74) is 13.2. The molecular formula is C48H49NS. The van der Waals surface area contributed by atoms with Gasteiger partial charge in [-0.05, 0) is 161 Å². The maximum atomic E-state index is 2.68. The van der Waals surface area contributed by atoms with Crippen LogP contribution in [0.25, 0.3) is 11.1 Å². The summed E-state index contributed by atoms with van der Waals surface area (Å²) in [7, 11) is 0. The van der Waals surface area contributed by atoms with Gasteiger partial charge < -0.3 is 4.90 Å². The summed E-state index contributed by atoms with van der Waals surface area (Å²) < 4.78 is 0. The first kappa shape index (κ1) is 31.0. The van der Waals surface area contributed by atoms with Crippen molar-refractivity contribution in [2.24, 2.45) is 23.7 Å². The summed E-state index contributed by atoms with van der Waals surface area (Å²) in [6, 6.07) is 44.5. The van der Waals surface area contributed by atoms with Crippen molar-refractivity contribution in [1.82, 2.24) is 0 Å². The van der Waals surface area contributed by atoms with Crippen LogP contribution >= 0.6 is 11.8 Å². The van der Waals surface area contributed by atoms with Crippen molar-refractivity contribution in [3.8, 4) is 11.1 Å². The first-order valence-electron chi connectivity index (χ1n) is 19.2. The Morgan fingerprint density at radius 3 is 1.84 bits per heavy atom. The third-order valence-electron chi connectivity index (χ3n) is 13.9. The molecule has 1 spiro atoms. The summed E-state index contributed by atoms with van der Waals surface area (Å²) in [6.07, 6.45) is 9.41. The van der Waals surface area contributed by atoms with Crippen molar-refractivity contribution in [3.05, 3.63) is 138 Å². The first-order valence-corrected chi connectivity index (χ1v) is 20.1. The zero-order valence-corrected chi connectivity index (χ0v) is 30.9. The Labute approximate surface area is 303 Å². The quantitative estimate of drug-likeness (QED) is 0.187. The van der Waals surface area contributed by atoms with Gasteiger partial charge in [0, 0.05) is 26.6 Å². The fourth-order valence-electron chi connectivity index (χ4n) is 11.8. The molecule has 4 saturated carbocycles. The third-order valence-corrected chi connectivity index (χ3v) is 15.1. The predicted molar refractivity (Wildman–Crippen MR) is 210 cm³/mol. The van der Waals surface area contributed by atoms with E-state index in [2.05, 4.69) is 148 Å². The standard InChI is InChI=1S/C48H49NS/c1-46(2)22-23-47(3,4)45-39(46)16-11-17-42(45)49(37-14-9-6-10-15-37)38-19-21-44-41(30-38)48(35-25-31-24-32(27-35)28-36(48)26-31)40-29-34(18-20-43(40)50-44)33-12-7-5-8-13-33/h5-21,29-32,35-36H,22-28H2,1-4H3. The molecule has 0 N–H and O–H groups in total. The van der Waals surface area contributed by atoms with Gasteiger partial charge in [-0.15, -0.1) is 0 Å². The van der Waals surface area contributed by atoms with Crippen LogP contribution in [0.3, 0.4) is 0 Å². The molecule has 1 heterocycles. The molecule has 0 saturated heterocycles. The van der Waals surface area contributed by atoms with E-state index in [4.69, 9.17) is 0 Å². The average molecular weight is 672 g/mol. The highest BCUT2D eigenvalue weighted by molar-refractivity contribution is 7.99. The van der Waals surface area contributed by atoms with Gasteiger partial charge in [0.1, 0.15) is 0 Å². The number of hydrogen-bond acceptors (Lipinski definition) is 2. The molecular weight excluding hydrogens is 623 g/mol. The monoisotopic (exact) mass is 671 g/mol. The van der Waals surface area contributed by atoms with Crippen molar-refractivity contribution < 1.29 is 0 Å². The SMILES string of the molecule is CC1(C)CCC(C)(C)c2c(N(c3ccccc3)c3ccc4c(c3)C3(c5cc(-c6ccccc6)ccc5S4)C4CC5CC(C4)CC3C5)cccc21. The summed E-state index contributed by atoms with van der Waals surface area (Å²) >= 11 is 2.02. The molecule has 0 unspecified atom stereocenters. The summed E-state index contributed by atoms with van der Waals surface area (Å²) in [5, 5.41) is 0. The minimum atomic E-state index is 0.0594. The third kappa shape index (κ3) is 4.52. The molecule has 1 nitrogen and oxygen atoms in total. The maximum Gasteiger partial charge on any atom is 0.0502 e. The lowest BCUT2D eigenvalue weighted by Crippen LogP contribution is -2.57. The van der Waals surface area contributed by atoms with Gasteiger partial charge in [0.2, 0.25) is 0 Å². The summed E-state index contributed by atoms with van der Waals surface area (Å²) in [5.74, 6) is 3.22. The van der Waals surface area contributed by atoms with Crippen LogP contribution in [0.1, 0.15) is 94.9 Å². The van der Waals surface area contributed by atoms with Crippen molar-refractivity contribution in [3.63, 3.8) is 0 Å². The fourth-order valence-corrected chi connectivity index (χ4v) is 13.0. The van der Waals surface area contributed by atoms with Crippen molar-refractivity contribution in [1.29, 1.82) is 0 Å². The van der Waals surface area contributed by atoms with Gasteiger partial charge >= 0.3 is 0 Å². The molecule has 4 fully saturated rings. The Morgan fingerprint density at radius 1 is 0.520 bits per heavy atom. The van der Waals surface area contributed by atoms with Crippen LogP contribution in [0.15, 0.2) is 125 Å². The fraction of sp³-hybridized carbons (Fsp3) is 0.375. The number of para-hydroxylation sites is 1. The minimum absolute atomic E-state index is 0.0594. The molecule has 6 aliphatic rings. The average Bonchev–Trinajstić information content (AvgIpc) is 3.12. The van der Waals surface area contributed by atoms with E-state index < -0.39 is 0 Å². The van der Waals surface area contributed by atoms with Gasteiger partial charge in [-0.3, -0.25) is 0 Å². The van der Waals surface area contributed by atoms with Crippen molar-refractivity contribution in [2.45, 2.75) is 98.7 Å². The molecule has 5 aromatic rings. The van der Waals surface area contributed by atoms with Crippen LogP contribution in [0, 0.1) is 23.7 Å². The van der Waals surface area contributed by atoms with Crippen molar-refractivity contribution >= 4 is 28.8 Å². The molecule has 11 rings (SSSR count). The number of rotatable bonds is 4. The molecule has 0 radical (unpaired) electrons. The van der Waals surface area contributed by atoms with E-state index in [0.29, 0.717) is 11.8 Å². The van der Waals surface area contributed by atoms with E-state index in [1.54, 1.807) is 11.1 Å². The maximum absolute atomic E-state index is 2.68. The Kier molecular flexibility index (Phi) is 6.90. The highest BCUT2D eigenvalue weighted by Gasteiger charge is 2.61. The van der Waals surface area contributed by atoms with Crippen LogP contribution in [0.4, 0.5) is 17.1 Å². The molecule has 5 aromatic carbocycles. The highest BCUT2D eigenvalue weighted by Crippen LogP contribution is 2.69. The lowest BCUT2D eigenvalue weighted by atomic mass is 9.42. The molecule has 1 aliphatic heterocycles. The molecule has 0 amide bonds. The highest BCUT2D eigenvalue weighted by atomic mass is 32.2. The van der Waals surface area contributed by atoms with Gasteiger partial charge in [-0.1, -0.05) is 106 Å². The molecule has 252 valence electrons. The smallest absolute Gasteiger partial charge is 0.0502 e. The van der Waals surface area contributed by atoms with E-state index in [1.165, 1.54) is 94.1 Å². The molecule has 0 atom stereocenters. The number of benzene rings is 5. The second-order valence-corrected chi connectivity index (χ2v) is 18.8. The van der Waals surface area contributed by atoms with E-state index in [-0.39, 0.29) is 16.2 Å². The second kappa shape index (κ2) is 11.1. The van der Waals surface area contributed by atoms with E-state index in [9.17, 15) is 0 Å².